The van der Waals surface area contributed by atoms with E-state index in [0.29, 0.717) is 11.8 Å². The summed E-state index contributed by atoms with van der Waals surface area (Å²) in [6.07, 6.45) is 0. The number of nitrogens with zero attached hydrogens (tertiary/aromatic N) is 4. The Balaban J connectivity index is 2.24. The number of amidine groups is 2. The van der Waals surface area contributed by atoms with Gasteiger partial charge in [0.25, 0.3) is 0 Å². The van der Waals surface area contributed by atoms with Crippen molar-refractivity contribution in [3.63, 3.8) is 0 Å². The van der Waals surface area contributed by atoms with Gasteiger partial charge in [0.05, 0.1) is 11.4 Å². The summed E-state index contributed by atoms with van der Waals surface area (Å²) >= 11 is 0. The Morgan fingerprint density at radius 1 is 0.667 bits per heavy atom. The molecule has 0 N–H and O–H groups in total. The molecule has 2 aromatic carbocycles. The van der Waals surface area contributed by atoms with Crippen LogP contribution in [-0.4, -0.2) is 48.7 Å². The van der Waals surface area contributed by atoms with Crippen LogP contribution in [0.1, 0.15) is 61.8 Å². The minimum Gasteiger partial charge on any atom is -0.355 e. The number of benzene rings is 2. The Labute approximate surface area is 182 Å². The maximum Gasteiger partial charge on any atom is 0.172 e. The van der Waals surface area contributed by atoms with Crippen molar-refractivity contribution in [2.45, 2.75) is 53.4 Å². The second kappa shape index (κ2) is 9.03. The van der Waals surface area contributed by atoms with Gasteiger partial charge in [0.15, 0.2) is 11.7 Å². The van der Waals surface area contributed by atoms with Crippen LogP contribution in [0.2, 0.25) is 0 Å². The number of para-hydroxylation sites is 2. The average Bonchev–Trinajstić information content (AvgIpc) is 2.69. The highest BCUT2D eigenvalue weighted by Crippen LogP contribution is 2.35. The van der Waals surface area contributed by atoms with Crippen LogP contribution in [0.5, 0.6) is 0 Å². The summed E-state index contributed by atoms with van der Waals surface area (Å²) in [6.45, 7) is 15.1. The largest absolute Gasteiger partial charge is 0.355 e. The van der Waals surface area contributed by atoms with E-state index in [1.807, 2.05) is 0 Å². The summed E-state index contributed by atoms with van der Waals surface area (Å²) in [7, 11) is 4.24. The summed E-state index contributed by atoms with van der Waals surface area (Å²) in [6, 6.07) is 12.9. The van der Waals surface area contributed by atoms with E-state index < -0.39 is 0 Å². The van der Waals surface area contributed by atoms with E-state index in [0.717, 1.165) is 36.1 Å². The van der Waals surface area contributed by atoms with Crippen LogP contribution in [-0.2, 0) is 0 Å². The molecule has 0 amide bonds. The summed E-state index contributed by atoms with van der Waals surface area (Å²) in [5, 5.41) is 0. The normalized spacial score (nSPS) is 17.7. The number of hydrogen-bond acceptors (Lipinski definition) is 2. The predicted molar refractivity (Wildman–Crippen MR) is 130 cm³/mol. The lowest BCUT2D eigenvalue weighted by Gasteiger charge is -2.35. The molecule has 1 aliphatic rings. The molecule has 0 saturated carbocycles. The average molecular weight is 405 g/mol. The Kier molecular flexibility index (Phi) is 6.64. The van der Waals surface area contributed by atoms with Gasteiger partial charge in [-0.2, -0.15) is 0 Å². The highest BCUT2D eigenvalue weighted by molar-refractivity contribution is 6.41. The standard InChI is InChI=1S/C26H36N4/c1-17(2)21-13-10-14-22(18(3)4)24(21)28-26-25(29(7)15-16-30(26)8)27-23-19(5)11-9-12-20(23)6/h9-14,17-18H,15-16H2,1-8H3. The van der Waals surface area contributed by atoms with Crippen LogP contribution >= 0.6 is 0 Å². The van der Waals surface area contributed by atoms with Crippen molar-refractivity contribution in [3.8, 4) is 0 Å². The van der Waals surface area contributed by atoms with Crippen molar-refractivity contribution in [3.05, 3.63) is 58.7 Å². The van der Waals surface area contributed by atoms with Gasteiger partial charge >= 0.3 is 0 Å². The highest BCUT2D eigenvalue weighted by atomic mass is 15.3. The van der Waals surface area contributed by atoms with Crippen molar-refractivity contribution in [2.75, 3.05) is 27.2 Å². The van der Waals surface area contributed by atoms with Crippen LogP contribution in [0.25, 0.3) is 0 Å². The van der Waals surface area contributed by atoms with Gasteiger partial charge in [-0.05, 0) is 47.9 Å². The number of likely N-dealkylation sites (N-methyl/N-ethyl adjacent to an activating group) is 2. The van der Waals surface area contributed by atoms with Crippen LogP contribution in [0, 0.1) is 13.8 Å². The van der Waals surface area contributed by atoms with Crippen LogP contribution in [0.4, 0.5) is 11.4 Å². The van der Waals surface area contributed by atoms with E-state index >= 15 is 0 Å². The number of hydrogen-bond donors (Lipinski definition) is 0. The summed E-state index contributed by atoms with van der Waals surface area (Å²) < 4.78 is 0. The zero-order valence-electron chi connectivity index (χ0n) is 19.8. The van der Waals surface area contributed by atoms with Gasteiger partial charge in [-0.3, -0.25) is 0 Å². The summed E-state index contributed by atoms with van der Waals surface area (Å²) in [5.41, 5.74) is 7.11. The third-order valence-electron chi connectivity index (χ3n) is 5.91. The van der Waals surface area contributed by atoms with Crippen LogP contribution < -0.4 is 0 Å². The van der Waals surface area contributed by atoms with Crippen LogP contribution in [0.3, 0.4) is 0 Å². The zero-order valence-corrected chi connectivity index (χ0v) is 19.8. The van der Waals surface area contributed by atoms with E-state index in [9.17, 15) is 0 Å². The maximum atomic E-state index is 5.30. The number of piperazine rings is 1. The molecule has 1 heterocycles. The molecule has 4 heteroatoms. The fraction of sp³-hybridized carbons (Fsp3) is 0.462. The molecule has 0 aromatic heterocycles. The topological polar surface area (TPSA) is 31.2 Å². The number of aryl methyl sites for hydroxylation is 2. The molecule has 1 aliphatic heterocycles. The van der Waals surface area contributed by atoms with Crippen molar-refractivity contribution in [1.82, 2.24) is 9.80 Å². The molecule has 30 heavy (non-hydrogen) atoms. The first-order chi connectivity index (χ1) is 14.2. The molecular weight excluding hydrogens is 368 g/mol. The lowest BCUT2D eigenvalue weighted by Crippen LogP contribution is -2.51. The molecule has 0 atom stereocenters. The first-order valence-corrected chi connectivity index (χ1v) is 11.0. The minimum atomic E-state index is 0.411. The molecule has 4 nitrogen and oxygen atoms in total. The molecular formula is C26H36N4. The van der Waals surface area contributed by atoms with Crippen molar-refractivity contribution < 1.29 is 0 Å². The van der Waals surface area contributed by atoms with Gasteiger partial charge in [-0.25, -0.2) is 9.98 Å². The van der Waals surface area contributed by atoms with Crippen molar-refractivity contribution in [1.29, 1.82) is 0 Å². The van der Waals surface area contributed by atoms with Gasteiger partial charge in [-0.15, -0.1) is 0 Å². The zero-order chi connectivity index (χ0) is 22.0. The van der Waals surface area contributed by atoms with Crippen molar-refractivity contribution in [2.24, 2.45) is 9.98 Å². The molecule has 1 saturated heterocycles. The van der Waals surface area contributed by atoms with Gasteiger partial charge in [0.2, 0.25) is 0 Å². The number of rotatable bonds is 4. The molecule has 0 radical (unpaired) electrons. The third kappa shape index (κ3) is 4.43. The van der Waals surface area contributed by atoms with Crippen LogP contribution in [0.15, 0.2) is 46.4 Å². The van der Waals surface area contributed by atoms with Gasteiger partial charge in [0, 0.05) is 27.2 Å². The second-order valence-corrected chi connectivity index (χ2v) is 9.05. The van der Waals surface area contributed by atoms with E-state index in [2.05, 4.69) is 102 Å². The van der Waals surface area contributed by atoms with Crippen molar-refractivity contribution >= 4 is 23.0 Å². The first-order valence-electron chi connectivity index (χ1n) is 11.0. The second-order valence-electron chi connectivity index (χ2n) is 9.05. The van der Waals surface area contributed by atoms with E-state index in [1.165, 1.54) is 22.3 Å². The Morgan fingerprint density at radius 2 is 1.07 bits per heavy atom. The lowest BCUT2D eigenvalue weighted by atomic mass is 9.93. The summed E-state index contributed by atoms with van der Waals surface area (Å²) in [4.78, 5) is 14.9. The molecule has 0 unspecified atom stereocenters. The Morgan fingerprint density at radius 3 is 1.50 bits per heavy atom. The third-order valence-corrected chi connectivity index (χ3v) is 5.91. The lowest BCUT2D eigenvalue weighted by molar-refractivity contribution is 0.386. The monoisotopic (exact) mass is 404 g/mol. The number of aliphatic imine (C=N–C) groups is 2. The molecule has 0 spiro atoms. The maximum absolute atomic E-state index is 5.30. The van der Waals surface area contributed by atoms with Gasteiger partial charge in [0.1, 0.15) is 0 Å². The SMILES string of the molecule is Cc1cccc(C)c1N=C1C(=Nc2c(C(C)C)cccc2C(C)C)N(C)CCN1C. The minimum absolute atomic E-state index is 0.411. The molecule has 1 fully saturated rings. The first kappa shape index (κ1) is 22.1. The molecule has 0 aliphatic carbocycles. The highest BCUT2D eigenvalue weighted by Gasteiger charge is 2.26. The van der Waals surface area contributed by atoms with E-state index in [4.69, 9.17) is 9.98 Å². The molecule has 160 valence electrons. The summed E-state index contributed by atoms with van der Waals surface area (Å²) in [5.74, 6) is 2.71. The smallest absolute Gasteiger partial charge is 0.172 e. The predicted octanol–water partition coefficient (Wildman–Crippen LogP) is 6.19. The molecule has 2 aromatic rings. The van der Waals surface area contributed by atoms with Gasteiger partial charge in [-0.1, -0.05) is 64.1 Å². The fourth-order valence-corrected chi connectivity index (χ4v) is 3.96. The molecule has 3 rings (SSSR count). The Bertz CT molecular complexity index is 922. The quantitative estimate of drug-likeness (QED) is 0.608. The van der Waals surface area contributed by atoms with Gasteiger partial charge < -0.3 is 9.80 Å². The van der Waals surface area contributed by atoms with E-state index in [1.54, 1.807) is 0 Å². The molecule has 0 bridgehead atoms. The van der Waals surface area contributed by atoms with E-state index in [-0.39, 0.29) is 0 Å². The fourth-order valence-electron chi connectivity index (χ4n) is 3.96. The Hall–Kier alpha value is -2.62.